The minimum atomic E-state index is -0.609. The molecule has 1 amide bonds. The van der Waals surface area contributed by atoms with Crippen LogP contribution in [0, 0.1) is 5.82 Å². The van der Waals surface area contributed by atoms with Gasteiger partial charge in [-0.05, 0) is 18.2 Å². The fraction of sp³-hybridized carbons (Fsp3) is 0.227. The molecule has 1 aliphatic rings. The minimum Gasteiger partial charge on any atom is -0.404 e. The molecular formula is C22H21ClFN7O3. The van der Waals surface area contributed by atoms with Crippen LogP contribution >= 0.6 is 11.6 Å². The maximum Gasteiger partial charge on any atom is 0.274 e. The lowest BCUT2D eigenvalue weighted by Gasteiger charge is -2.34. The number of carbonyl (C=O) groups excluding carboxylic acids is 1. The maximum atomic E-state index is 14.7. The van der Waals surface area contributed by atoms with Crippen molar-refractivity contribution in [3.05, 3.63) is 65.0 Å². The Bertz CT molecular complexity index is 1230. The lowest BCUT2D eigenvalue weighted by molar-refractivity contribution is 0.0676. The lowest BCUT2D eigenvalue weighted by atomic mass is 10.1. The number of amides is 1. The number of hydrogen-bond acceptors (Lipinski definition) is 9. The standard InChI is InChI=1S/C22H21ClFN7O3/c1-26-9-13(8-25)19-11-31(4-5-33-19)20-7-18(22(32)28-15-10-27-34-12-15)29-21(30-20)16-3-2-14(23)6-17(16)24/h2-3,6-10,12,19H,4-5,11,25H2,1H3,(H,28,32)/b13-8+,26-9?. The Morgan fingerprint density at radius 3 is 2.94 bits per heavy atom. The summed E-state index contributed by atoms with van der Waals surface area (Å²) in [5, 5.41) is 6.43. The summed E-state index contributed by atoms with van der Waals surface area (Å²) in [6.45, 7) is 1.27. The molecule has 10 nitrogen and oxygen atoms in total. The van der Waals surface area contributed by atoms with Crippen LogP contribution in [0.15, 0.2) is 58.0 Å². The van der Waals surface area contributed by atoms with Gasteiger partial charge in [-0.25, -0.2) is 14.4 Å². The summed E-state index contributed by atoms with van der Waals surface area (Å²) in [5.41, 5.74) is 6.93. The summed E-state index contributed by atoms with van der Waals surface area (Å²) in [6.07, 6.45) is 5.33. The molecule has 1 aliphatic heterocycles. The van der Waals surface area contributed by atoms with E-state index >= 15 is 0 Å². The SMILES string of the molecule is CN=C/C(=C\N)C1CN(c2cc(C(=O)Nc3cnoc3)nc(-c3ccc(Cl)cc3F)n2)CCO1. The predicted octanol–water partition coefficient (Wildman–Crippen LogP) is 2.92. The molecule has 1 atom stereocenters. The number of anilines is 2. The monoisotopic (exact) mass is 485 g/mol. The molecule has 1 aromatic carbocycles. The van der Waals surface area contributed by atoms with Gasteiger partial charge >= 0.3 is 0 Å². The first-order valence-corrected chi connectivity index (χ1v) is 10.6. The van der Waals surface area contributed by atoms with Gasteiger partial charge in [-0.2, -0.15) is 0 Å². The van der Waals surface area contributed by atoms with Crippen LogP contribution in [-0.2, 0) is 4.74 Å². The molecular weight excluding hydrogens is 465 g/mol. The van der Waals surface area contributed by atoms with E-state index < -0.39 is 11.7 Å². The number of hydrogen-bond donors (Lipinski definition) is 2. The molecule has 3 N–H and O–H groups in total. The molecule has 0 bridgehead atoms. The van der Waals surface area contributed by atoms with Crippen molar-refractivity contribution in [2.24, 2.45) is 10.7 Å². The van der Waals surface area contributed by atoms with Crippen LogP contribution in [0.2, 0.25) is 5.02 Å². The highest BCUT2D eigenvalue weighted by Gasteiger charge is 2.26. The lowest BCUT2D eigenvalue weighted by Crippen LogP contribution is -2.44. The van der Waals surface area contributed by atoms with Gasteiger partial charge in [-0.3, -0.25) is 9.79 Å². The maximum absolute atomic E-state index is 14.7. The number of nitrogens with zero attached hydrogens (tertiary/aromatic N) is 5. The highest BCUT2D eigenvalue weighted by molar-refractivity contribution is 6.30. The summed E-state index contributed by atoms with van der Waals surface area (Å²) in [4.78, 5) is 27.7. The molecule has 3 aromatic rings. The number of nitrogens with two attached hydrogens (primary N) is 1. The number of aromatic nitrogens is 3. The number of carbonyl (C=O) groups is 1. The highest BCUT2D eigenvalue weighted by atomic mass is 35.5. The zero-order chi connectivity index (χ0) is 24.1. The van der Waals surface area contributed by atoms with E-state index in [0.29, 0.717) is 36.8 Å². The number of benzene rings is 1. The smallest absolute Gasteiger partial charge is 0.274 e. The van der Waals surface area contributed by atoms with Gasteiger partial charge < -0.3 is 25.2 Å². The number of nitrogens with one attached hydrogen (secondary N) is 1. The largest absolute Gasteiger partial charge is 0.404 e. The molecule has 0 aliphatic carbocycles. The normalized spacial score (nSPS) is 16.7. The van der Waals surface area contributed by atoms with E-state index in [1.165, 1.54) is 36.9 Å². The molecule has 0 radical (unpaired) electrons. The number of halogens is 2. The summed E-state index contributed by atoms with van der Waals surface area (Å²) >= 11 is 5.90. The Morgan fingerprint density at radius 2 is 2.24 bits per heavy atom. The highest BCUT2D eigenvalue weighted by Crippen LogP contribution is 2.27. The molecule has 1 saturated heterocycles. The molecule has 1 fully saturated rings. The van der Waals surface area contributed by atoms with Crippen molar-refractivity contribution in [1.82, 2.24) is 15.1 Å². The van der Waals surface area contributed by atoms with E-state index in [2.05, 4.69) is 25.4 Å². The van der Waals surface area contributed by atoms with Crippen molar-refractivity contribution in [3.63, 3.8) is 0 Å². The third-order valence-electron chi connectivity index (χ3n) is 5.04. The molecule has 12 heteroatoms. The van der Waals surface area contributed by atoms with Crippen LogP contribution in [-0.4, -0.2) is 60.1 Å². The van der Waals surface area contributed by atoms with Gasteiger partial charge in [0.25, 0.3) is 5.91 Å². The minimum absolute atomic E-state index is 0.0308. The van der Waals surface area contributed by atoms with E-state index in [4.69, 9.17) is 26.6 Å². The topological polar surface area (TPSA) is 132 Å². The second-order valence-electron chi connectivity index (χ2n) is 7.29. The van der Waals surface area contributed by atoms with Crippen LogP contribution in [0.1, 0.15) is 10.5 Å². The van der Waals surface area contributed by atoms with Crippen molar-refractivity contribution in [2.75, 3.05) is 37.0 Å². The van der Waals surface area contributed by atoms with E-state index in [1.54, 1.807) is 13.3 Å². The molecule has 3 heterocycles. The van der Waals surface area contributed by atoms with Gasteiger partial charge in [0.1, 0.15) is 35.4 Å². The van der Waals surface area contributed by atoms with Gasteiger partial charge in [-0.15, -0.1) is 0 Å². The van der Waals surface area contributed by atoms with Crippen molar-refractivity contribution >= 4 is 35.2 Å². The second kappa shape index (κ2) is 10.4. The fourth-order valence-corrected chi connectivity index (χ4v) is 3.57. The average Bonchev–Trinajstić information content (AvgIpc) is 3.35. The van der Waals surface area contributed by atoms with Crippen molar-refractivity contribution in [1.29, 1.82) is 0 Å². The van der Waals surface area contributed by atoms with Crippen LogP contribution in [0.5, 0.6) is 0 Å². The van der Waals surface area contributed by atoms with Crippen molar-refractivity contribution < 1.29 is 18.4 Å². The zero-order valence-corrected chi connectivity index (χ0v) is 18.9. The molecule has 176 valence electrons. The Morgan fingerprint density at radius 1 is 1.38 bits per heavy atom. The average molecular weight is 486 g/mol. The second-order valence-corrected chi connectivity index (χ2v) is 7.72. The van der Waals surface area contributed by atoms with Crippen molar-refractivity contribution in [2.45, 2.75) is 6.10 Å². The van der Waals surface area contributed by atoms with Gasteiger partial charge in [0.05, 0.1) is 18.4 Å². The summed E-state index contributed by atoms with van der Waals surface area (Å²) in [5.74, 6) is -0.682. The molecule has 4 rings (SSSR count). The Hall–Kier alpha value is -3.83. The van der Waals surface area contributed by atoms with Gasteiger partial charge in [0.2, 0.25) is 0 Å². The van der Waals surface area contributed by atoms with Crippen LogP contribution in [0.25, 0.3) is 11.4 Å². The number of morpholine rings is 1. The van der Waals surface area contributed by atoms with Crippen LogP contribution in [0.4, 0.5) is 15.9 Å². The van der Waals surface area contributed by atoms with Crippen LogP contribution < -0.4 is 16.0 Å². The van der Waals surface area contributed by atoms with E-state index in [1.807, 2.05) is 4.90 Å². The number of ether oxygens (including phenoxy) is 1. The van der Waals surface area contributed by atoms with Gasteiger partial charge in [-0.1, -0.05) is 16.8 Å². The Balaban J connectivity index is 1.73. The van der Waals surface area contributed by atoms with Gasteiger partial charge in [0, 0.05) is 49.2 Å². The quantitative estimate of drug-likeness (QED) is 0.509. The van der Waals surface area contributed by atoms with E-state index in [9.17, 15) is 9.18 Å². The van der Waals surface area contributed by atoms with E-state index in [0.717, 1.165) is 6.07 Å². The number of aliphatic imine (C=N–C) groups is 1. The predicted molar refractivity (Wildman–Crippen MR) is 126 cm³/mol. The first-order chi connectivity index (χ1) is 16.5. The molecule has 0 saturated carbocycles. The fourth-order valence-electron chi connectivity index (χ4n) is 3.41. The first kappa shape index (κ1) is 23.3. The third-order valence-corrected chi connectivity index (χ3v) is 5.28. The summed E-state index contributed by atoms with van der Waals surface area (Å²) < 4.78 is 25.3. The molecule has 0 spiro atoms. The summed E-state index contributed by atoms with van der Waals surface area (Å²) in [7, 11) is 1.64. The number of rotatable bonds is 6. The first-order valence-electron chi connectivity index (χ1n) is 10.2. The Labute approximate surface area is 199 Å². The molecule has 1 unspecified atom stereocenters. The van der Waals surface area contributed by atoms with Gasteiger partial charge in [0.15, 0.2) is 5.82 Å². The summed E-state index contributed by atoms with van der Waals surface area (Å²) in [6, 6.07) is 5.69. The van der Waals surface area contributed by atoms with E-state index in [-0.39, 0.29) is 28.2 Å². The molecule has 34 heavy (non-hydrogen) atoms. The Kier molecular flexibility index (Phi) is 7.14. The third kappa shape index (κ3) is 5.21. The zero-order valence-electron chi connectivity index (χ0n) is 18.1. The van der Waals surface area contributed by atoms with Crippen LogP contribution in [0.3, 0.4) is 0 Å². The van der Waals surface area contributed by atoms with Crippen molar-refractivity contribution in [3.8, 4) is 11.4 Å². The molecule has 2 aromatic heterocycles.